The van der Waals surface area contributed by atoms with E-state index in [-0.39, 0.29) is 12.3 Å². The van der Waals surface area contributed by atoms with E-state index in [1.807, 2.05) is 37.3 Å². The van der Waals surface area contributed by atoms with Crippen LogP contribution in [0.3, 0.4) is 0 Å². The number of benzene rings is 2. The number of nitrogens with zero attached hydrogens (tertiary/aromatic N) is 4. The van der Waals surface area contributed by atoms with Gasteiger partial charge < -0.3 is 9.80 Å². The lowest BCUT2D eigenvalue weighted by Gasteiger charge is -2.36. The molecule has 1 aliphatic rings. The van der Waals surface area contributed by atoms with E-state index in [1.54, 1.807) is 17.9 Å². The van der Waals surface area contributed by atoms with E-state index in [2.05, 4.69) is 9.88 Å². The Labute approximate surface area is 190 Å². The van der Waals surface area contributed by atoms with Gasteiger partial charge in [-0.05, 0) is 18.6 Å². The summed E-state index contributed by atoms with van der Waals surface area (Å²) in [5, 5.41) is 0. The minimum atomic E-state index is -4.40. The standard InChI is InChI=1S/C25H25F3N4O/c1-17-22(16-19-7-6-10-21(15-19)25(26,27)28)24(32-13-11-31(12-14-32)18(2)33)30-23(29-17)20-8-4-3-5-9-20/h3-10,15H,11-14,16H2,1-2H3. The van der Waals surface area contributed by atoms with Crippen LogP contribution < -0.4 is 4.90 Å². The Morgan fingerprint density at radius 1 is 0.970 bits per heavy atom. The Morgan fingerprint density at radius 3 is 2.30 bits per heavy atom. The maximum Gasteiger partial charge on any atom is 0.416 e. The molecular formula is C25H25F3N4O. The van der Waals surface area contributed by atoms with Gasteiger partial charge in [0.1, 0.15) is 5.82 Å². The lowest BCUT2D eigenvalue weighted by molar-refractivity contribution is -0.137. The first-order valence-electron chi connectivity index (χ1n) is 10.8. The number of hydrogen-bond donors (Lipinski definition) is 0. The van der Waals surface area contributed by atoms with Crippen molar-refractivity contribution in [3.63, 3.8) is 0 Å². The molecule has 0 unspecified atom stereocenters. The minimum Gasteiger partial charge on any atom is -0.353 e. The lowest BCUT2D eigenvalue weighted by atomic mass is 10.0. The second kappa shape index (κ2) is 9.21. The van der Waals surface area contributed by atoms with Gasteiger partial charge in [-0.1, -0.05) is 48.5 Å². The van der Waals surface area contributed by atoms with E-state index >= 15 is 0 Å². The second-order valence-electron chi connectivity index (χ2n) is 8.17. The van der Waals surface area contributed by atoms with E-state index in [1.165, 1.54) is 12.1 Å². The number of piperazine rings is 1. The Morgan fingerprint density at radius 2 is 1.67 bits per heavy atom. The van der Waals surface area contributed by atoms with E-state index < -0.39 is 11.7 Å². The topological polar surface area (TPSA) is 49.3 Å². The fourth-order valence-corrected chi connectivity index (χ4v) is 4.06. The third-order valence-corrected chi connectivity index (χ3v) is 5.88. The number of aryl methyl sites for hydroxylation is 1. The predicted molar refractivity (Wildman–Crippen MR) is 121 cm³/mol. The van der Waals surface area contributed by atoms with E-state index in [0.29, 0.717) is 43.4 Å². The fraction of sp³-hybridized carbons (Fsp3) is 0.320. The summed E-state index contributed by atoms with van der Waals surface area (Å²) in [4.78, 5) is 25.2. The molecule has 1 aliphatic heterocycles. The highest BCUT2D eigenvalue weighted by atomic mass is 19.4. The molecule has 0 radical (unpaired) electrons. The molecule has 2 aromatic carbocycles. The third-order valence-electron chi connectivity index (χ3n) is 5.88. The van der Waals surface area contributed by atoms with Crippen molar-refractivity contribution < 1.29 is 18.0 Å². The molecule has 0 atom stereocenters. The van der Waals surface area contributed by atoms with Crippen molar-refractivity contribution in [1.82, 2.24) is 14.9 Å². The van der Waals surface area contributed by atoms with Crippen LogP contribution in [0.2, 0.25) is 0 Å². The van der Waals surface area contributed by atoms with E-state index in [4.69, 9.17) is 4.98 Å². The van der Waals surface area contributed by atoms with Crippen LogP contribution >= 0.6 is 0 Å². The molecular weight excluding hydrogens is 429 g/mol. The molecule has 33 heavy (non-hydrogen) atoms. The van der Waals surface area contributed by atoms with Gasteiger partial charge in [-0.2, -0.15) is 13.2 Å². The maximum absolute atomic E-state index is 13.2. The summed E-state index contributed by atoms with van der Waals surface area (Å²) in [6.45, 7) is 5.76. The Bertz CT molecular complexity index is 1140. The second-order valence-corrected chi connectivity index (χ2v) is 8.17. The Kier molecular flexibility index (Phi) is 6.35. The number of anilines is 1. The molecule has 5 nitrogen and oxygen atoms in total. The molecule has 0 aliphatic carbocycles. The van der Waals surface area contributed by atoms with Crippen LogP contribution in [0, 0.1) is 6.92 Å². The first kappa shape index (κ1) is 22.8. The minimum absolute atomic E-state index is 0.0303. The molecule has 0 N–H and O–H groups in total. The summed E-state index contributed by atoms with van der Waals surface area (Å²) in [6, 6.07) is 15.0. The summed E-state index contributed by atoms with van der Waals surface area (Å²) < 4.78 is 39.7. The summed E-state index contributed by atoms with van der Waals surface area (Å²) in [5.41, 5.74) is 2.27. The van der Waals surface area contributed by atoms with Crippen molar-refractivity contribution in [3.05, 3.63) is 77.0 Å². The van der Waals surface area contributed by atoms with Crippen molar-refractivity contribution in [2.24, 2.45) is 0 Å². The third kappa shape index (κ3) is 5.16. The van der Waals surface area contributed by atoms with Crippen LogP contribution in [0.15, 0.2) is 54.6 Å². The van der Waals surface area contributed by atoms with Crippen molar-refractivity contribution in [2.45, 2.75) is 26.4 Å². The summed E-state index contributed by atoms with van der Waals surface area (Å²) >= 11 is 0. The zero-order valence-electron chi connectivity index (χ0n) is 18.6. The molecule has 1 fully saturated rings. The number of halogens is 3. The van der Waals surface area contributed by atoms with Gasteiger partial charge in [-0.15, -0.1) is 0 Å². The number of carbonyl (C=O) groups is 1. The molecule has 1 aromatic heterocycles. The maximum atomic E-state index is 13.2. The van der Waals surface area contributed by atoms with Gasteiger partial charge in [0.2, 0.25) is 5.91 Å². The molecule has 3 aromatic rings. The van der Waals surface area contributed by atoms with Crippen LogP contribution in [0.4, 0.5) is 19.0 Å². The quantitative estimate of drug-likeness (QED) is 0.572. The molecule has 8 heteroatoms. The molecule has 0 saturated carbocycles. The van der Waals surface area contributed by atoms with Crippen LogP contribution in [-0.2, 0) is 17.4 Å². The summed E-state index contributed by atoms with van der Waals surface area (Å²) in [6.07, 6.45) is -4.11. The fourth-order valence-electron chi connectivity index (χ4n) is 4.06. The van der Waals surface area contributed by atoms with Gasteiger partial charge in [0.15, 0.2) is 5.82 Å². The van der Waals surface area contributed by atoms with Crippen molar-refractivity contribution >= 4 is 11.7 Å². The van der Waals surface area contributed by atoms with Crippen LogP contribution in [0.25, 0.3) is 11.4 Å². The molecule has 172 valence electrons. The number of hydrogen-bond acceptors (Lipinski definition) is 4. The molecule has 2 heterocycles. The molecule has 0 spiro atoms. The number of rotatable bonds is 4. The van der Waals surface area contributed by atoms with Gasteiger partial charge in [0, 0.05) is 56.3 Å². The average Bonchev–Trinajstić information content (AvgIpc) is 2.80. The zero-order valence-corrected chi connectivity index (χ0v) is 18.6. The Balaban J connectivity index is 1.74. The van der Waals surface area contributed by atoms with Gasteiger partial charge >= 0.3 is 6.18 Å². The lowest BCUT2D eigenvalue weighted by Crippen LogP contribution is -2.48. The Hall–Kier alpha value is -3.42. The average molecular weight is 454 g/mol. The summed E-state index contributed by atoms with van der Waals surface area (Å²) in [5.74, 6) is 1.31. The van der Waals surface area contributed by atoms with Crippen LogP contribution in [0.1, 0.15) is 29.3 Å². The first-order chi connectivity index (χ1) is 15.7. The highest BCUT2D eigenvalue weighted by molar-refractivity contribution is 5.73. The smallest absolute Gasteiger partial charge is 0.353 e. The zero-order chi connectivity index (χ0) is 23.6. The highest BCUT2D eigenvalue weighted by Crippen LogP contribution is 2.32. The SMILES string of the molecule is CC(=O)N1CCN(c2nc(-c3ccccc3)nc(C)c2Cc2cccc(C(F)(F)F)c2)CC1. The first-order valence-corrected chi connectivity index (χ1v) is 10.8. The van der Waals surface area contributed by atoms with Gasteiger partial charge in [-0.3, -0.25) is 4.79 Å². The number of amides is 1. The van der Waals surface area contributed by atoms with Gasteiger partial charge in [0.25, 0.3) is 0 Å². The molecule has 1 saturated heterocycles. The van der Waals surface area contributed by atoms with Crippen LogP contribution in [-0.4, -0.2) is 47.0 Å². The van der Waals surface area contributed by atoms with Crippen LogP contribution in [0.5, 0.6) is 0 Å². The number of alkyl halides is 3. The normalized spacial score (nSPS) is 14.5. The summed E-state index contributed by atoms with van der Waals surface area (Å²) in [7, 11) is 0. The van der Waals surface area contributed by atoms with E-state index in [9.17, 15) is 18.0 Å². The molecule has 1 amide bonds. The largest absolute Gasteiger partial charge is 0.416 e. The van der Waals surface area contributed by atoms with Crippen molar-refractivity contribution in [2.75, 3.05) is 31.1 Å². The van der Waals surface area contributed by atoms with Crippen molar-refractivity contribution in [3.8, 4) is 11.4 Å². The van der Waals surface area contributed by atoms with E-state index in [0.717, 1.165) is 22.9 Å². The number of carbonyl (C=O) groups excluding carboxylic acids is 1. The highest BCUT2D eigenvalue weighted by Gasteiger charge is 2.31. The molecule has 0 bridgehead atoms. The molecule has 4 rings (SSSR count). The van der Waals surface area contributed by atoms with Gasteiger partial charge in [-0.25, -0.2) is 9.97 Å². The monoisotopic (exact) mass is 454 g/mol. The van der Waals surface area contributed by atoms with Gasteiger partial charge in [0.05, 0.1) is 5.56 Å². The predicted octanol–water partition coefficient (Wildman–Crippen LogP) is 4.73. The number of aromatic nitrogens is 2. The van der Waals surface area contributed by atoms with Crippen molar-refractivity contribution in [1.29, 1.82) is 0 Å².